The Hall–Kier alpha value is -1.74. The molecular formula is C17H22N2O. The normalized spacial score (nSPS) is 22.9. The predicted molar refractivity (Wildman–Crippen MR) is 84.0 cm³/mol. The molecule has 0 aliphatic heterocycles. The highest BCUT2D eigenvalue weighted by molar-refractivity contribution is 5.97. The standard InChI is InChI=1S/C17H22N2O/c18-11-12-5-1-2-8-15(12)19-16-9-3-7-14-13(16)6-4-10-17(14)20/h3-4,6-7,9-10,12,15,19-20H,1-2,5,8,11,18H2. The highest BCUT2D eigenvalue weighted by Gasteiger charge is 2.24. The van der Waals surface area contributed by atoms with Crippen molar-refractivity contribution in [1.82, 2.24) is 0 Å². The number of nitrogens with two attached hydrogens (primary N) is 1. The monoisotopic (exact) mass is 270 g/mol. The average Bonchev–Trinajstić information content (AvgIpc) is 2.49. The first-order valence-electron chi connectivity index (χ1n) is 7.47. The Morgan fingerprint density at radius 1 is 1.05 bits per heavy atom. The zero-order chi connectivity index (χ0) is 13.9. The van der Waals surface area contributed by atoms with E-state index in [0.29, 0.717) is 17.7 Å². The van der Waals surface area contributed by atoms with Gasteiger partial charge in [-0.3, -0.25) is 0 Å². The third-order valence-corrected chi connectivity index (χ3v) is 4.45. The van der Waals surface area contributed by atoms with E-state index in [1.165, 1.54) is 25.7 Å². The molecule has 4 N–H and O–H groups in total. The number of phenols is 1. The molecule has 2 atom stereocenters. The second-order valence-electron chi connectivity index (χ2n) is 5.71. The SMILES string of the molecule is NCC1CCCCC1Nc1cccc2c(O)cccc12. The number of aromatic hydroxyl groups is 1. The number of anilines is 1. The lowest BCUT2D eigenvalue weighted by molar-refractivity contribution is 0.333. The smallest absolute Gasteiger partial charge is 0.123 e. The Morgan fingerprint density at radius 3 is 2.65 bits per heavy atom. The maximum atomic E-state index is 9.95. The molecule has 1 aliphatic rings. The number of hydrogen-bond acceptors (Lipinski definition) is 3. The van der Waals surface area contributed by atoms with Crippen molar-refractivity contribution >= 4 is 16.5 Å². The molecule has 20 heavy (non-hydrogen) atoms. The minimum atomic E-state index is 0.338. The minimum Gasteiger partial charge on any atom is -0.507 e. The average molecular weight is 270 g/mol. The van der Waals surface area contributed by atoms with Crippen LogP contribution < -0.4 is 11.1 Å². The fourth-order valence-corrected chi connectivity index (χ4v) is 3.30. The predicted octanol–water partition coefficient (Wildman–Crippen LogP) is 3.47. The molecule has 1 aliphatic carbocycles. The van der Waals surface area contributed by atoms with Crippen LogP contribution in [-0.2, 0) is 0 Å². The van der Waals surface area contributed by atoms with Crippen molar-refractivity contribution < 1.29 is 5.11 Å². The Labute approximate surface area is 119 Å². The maximum Gasteiger partial charge on any atom is 0.123 e. The third kappa shape index (κ3) is 2.46. The molecule has 0 spiro atoms. The summed E-state index contributed by atoms with van der Waals surface area (Å²) in [5.74, 6) is 0.890. The van der Waals surface area contributed by atoms with E-state index < -0.39 is 0 Å². The quantitative estimate of drug-likeness (QED) is 0.800. The van der Waals surface area contributed by atoms with Crippen LogP contribution in [0.2, 0.25) is 0 Å². The summed E-state index contributed by atoms with van der Waals surface area (Å²) in [4.78, 5) is 0. The number of fused-ring (bicyclic) bond motifs is 1. The van der Waals surface area contributed by atoms with Gasteiger partial charge in [0.1, 0.15) is 5.75 Å². The second-order valence-corrected chi connectivity index (χ2v) is 5.71. The zero-order valence-corrected chi connectivity index (χ0v) is 11.7. The topological polar surface area (TPSA) is 58.3 Å². The summed E-state index contributed by atoms with van der Waals surface area (Å²) in [5, 5.41) is 15.6. The lowest BCUT2D eigenvalue weighted by atomic mass is 9.84. The molecule has 3 heteroatoms. The molecule has 3 rings (SSSR count). The van der Waals surface area contributed by atoms with E-state index in [4.69, 9.17) is 5.73 Å². The number of benzene rings is 2. The summed E-state index contributed by atoms with van der Waals surface area (Å²) in [7, 11) is 0. The summed E-state index contributed by atoms with van der Waals surface area (Å²) in [5.41, 5.74) is 7.00. The van der Waals surface area contributed by atoms with E-state index in [2.05, 4.69) is 17.4 Å². The molecule has 0 aromatic heterocycles. The van der Waals surface area contributed by atoms with E-state index in [-0.39, 0.29) is 0 Å². The fraction of sp³-hybridized carbons (Fsp3) is 0.412. The van der Waals surface area contributed by atoms with Crippen LogP contribution in [0.5, 0.6) is 5.75 Å². The number of rotatable bonds is 3. The van der Waals surface area contributed by atoms with Crippen molar-refractivity contribution in [2.45, 2.75) is 31.7 Å². The van der Waals surface area contributed by atoms with Gasteiger partial charge in [-0.05, 0) is 37.4 Å². The van der Waals surface area contributed by atoms with E-state index in [0.717, 1.165) is 23.0 Å². The molecule has 2 aromatic rings. The Balaban J connectivity index is 1.92. The van der Waals surface area contributed by atoms with Gasteiger partial charge in [-0.25, -0.2) is 0 Å². The van der Waals surface area contributed by atoms with Gasteiger partial charge in [0.05, 0.1) is 0 Å². The van der Waals surface area contributed by atoms with E-state index in [1.54, 1.807) is 6.07 Å². The molecular weight excluding hydrogens is 248 g/mol. The zero-order valence-electron chi connectivity index (χ0n) is 11.7. The van der Waals surface area contributed by atoms with Gasteiger partial charge in [0.25, 0.3) is 0 Å². The molecule has 0 amide bonds. The van der Waals surface area contributed by atoms with Crippen LogP contribution in [-0.4, -0.2) is 17.7 Å². The molecule has 3 nitrogen and oxygen atoms in total. The van der Waals surface area contributed by atoms with E-state index in [9.17, 15) is 5.11 Å². The Bertz CT molecular complexity index is 597. The van der Waals surface area contributed by atoms with Crippen molar-refractivity contribution in [2.75, 3.05) is 11.9 Å². The van der Waals surface area contributed by atoms with Gasteiger partial charge >= 0.3 is 0 Å². The number of nitrogens with one attached hydrogen (secondary N) is 1. The van der Waals surface area contributed by atoms with Crippen molar-refractivity contribution in [2.24, 2.45) is 11.7 Å². The molecule has 0 radical (unpaired) electrons. The number of hydrogen-bond donors (Lipinski definition) is 3. The highest BCUT2D eigenvalue weighted by Crippen LogP contribution is 2.33. The first kappa shape index (κ1) is 13.3. The van der Waals surface area contributed by atoms with E-state index >= 15 is 0 Å². The van der Waals surface area contributed by atoms with E-state index in [1.807, 2.05) is 18.2 Å². The van der Waals surface area contributed by atoms with Gasteiger partial charge in [0.2, 0.25) is 0 Å². The lowest BCUT2D eigenvalue weighted by Crippen LogP contribution is -2.36. The Morgan fingerprint density at radius 2 is 1.80 bits per heavy atom. The lowest BCUT2D eigenvalue weighted by Gasteiger charge is -2.32. The van der Waals surface area contributed by atoms with Gasteiger partial charge in [-0.15, -0.1) is 0 Å². The Kier molecular flexibility index (Phi) is 3.79. The molecule has 1 fully saturated rings. The summed E-state index contributed by atoms with van der Waals surface area (Å²) < 4.78 is 0. The minimum absolute atomic E-state index is 0.338. The van der Waals surface area contributed by atoms with Gasteiger partial charge in [-0.2, -0.15) is 0 Å². The van der Waals surface area contributed by atoms with Crippen molar-refractivity contribution in [3.63, 3.8) is 0 Å². The van der Waals surface area contributed by atoms with Crippen LogP contribution in [0.25, 0.3) is 10.8 Å². The molecule has 106 valence electrons. The van der Waals surface area contributed by atoms with Gasteiger partial charge in [0, 0.05) is 22.5 Å². The number of phenolic OH excluding ortho intramolecular Hbond substituents is 1. The largest absolute Gasteiger partial charge is 0.507 e. The van der Waals surface area contributed by atoms with Gasteiger partial charge in [-0.1, -0.05) is 37.1 Å². The molecule has 0 heterocycles. The first-order valence-corrected chi connectivity index (χ1v) is 7.47. The second kappa shape index (κ2) is 5.71. The van der Waals surface area contributed by atoms with Crippen molar-refractivity contribution in [3.8, 4) is 5.75 Å². The summed E-state index contributed by atoms with van der Waals surface area (Å²) in [6.45, 7) is 0.744. The molecule has 0 bridgehead atoms. The van der Waals surface area contributed by atoms with Crippen LogP contribution in [0.1, 0.15) is 25.7 Å². The summed E-state index contributed by atoms with van der Waals surface area (Å²) in [6, 6.07) is 12.2. The van der Waals surface area contributed by atoms with Crippen LogP contribution in [0.3, 0.4) is 0 Å². The van der Waals surface area contributed by atoms with Gasteiger partial charge < -0.3 is 16.2 Å². The van der Waals surface area contributed by atoms with Gasteiger partial charge in [0.15, 0.2) is 0 Å². The van der Waals surface area contributed by atoms with Crippen molar-refractivity contribution in [3.05, 3.63) is 36.4 Å². The summed E-state index contributed by atoms with van der Waals surface area (Å²) in [6.07, 6.45) is 4.95. The molecule has 0 saturated heterocycles. The van der Waals surface area contributed by atoms with Crippen LogP contribution in [0.15, 0.2) is 36.4 Å². The highest BCUT2D eigenvalue weighted by atomic mass is 16.3. The summed E-state index contributed by atoms with van der Waals surface area (Å²) >= 11 is 0. The molecule has 2 unspecified atom stereocenters. The van der Waals surface area contributed by atoms with Crippen LogP contribution in [0, 0.1) is 5.92 Å². The maximum absolute atomic E-state index is 9.95. The third-order valence-electron chi connectivity index (χ3n) is 4.45. The molecule has 1 saturated carbocycles. The van der Waals surface area contributed by atoms with Crippen LogP contribution in [0.4, 0.5) is 5.69 Å². The van der Waals surface area contributed by atoms with Crippen molar-refractivity contribution in [1.29, 1.82) is 0 Å². The van der Waals surface area contributed by atoms with Crippen LogP contribution >= 0.6 is 0 Å². The first-order chi connectivity index (χ1) is 9.79. The molecule has 2 aromatic carbocycles. The fourth-order valence-electron chi connectivity index (χ4n) is 3.30.